The van der Waals surface area contributed by atoms with Crippen LogP contribution in [0.4, 0.5) is 15.8 Å². The summed E-state index contributed by atoms with van der Waals surface area (Å²) in [5.41, 5.74) is 3.75. The van der Waals surface area contributed by atoms with Gasteiger partial charge in [0.15, 0.2) is 5.78 Å². The molecular weight excluding hydrogens is 459 g/mol. The Balaban J connectivity index is 1.69. The van der Waals surface area contributed by atoms with Gasteiger partial charge in [0.05, 0.1) is 23.8 Å². The average molecular weight is 485 g/mol. The molecule has 2 N–H and O–H groups in total. The van der Waals surface area contributed by atoms with E-state index in [0.717, 1.165) is 5.56 Å². The fourth-order valence-corrected chi connectivity index (χ4v) is 5.15. The Labute approximate surface area is 208 Å². The molecule has 3 aromatic carbocycles. The van der Waals surface area contributed by atoms with Crippen molar-refractivity contribution in [1.82, 2.24) is 0 Å². The number of benzene rings is 3. The Morgan fingerprint density at radius 1 is 0.917 bits per heavy atom. The summed E-state index contributed by atoms with van der Waals surface area (Å²) >= 11 is 0. The lowest BCUT2D eigenvalue weighted by atomic mass is 9.78. The first-order chi connectivity index (χ1) is 17.4. The van der Waals surface area contributed by atoms with E-state index >= 15 is 0 Å². The van der Waals surface area contributed by atoms with Crippen LogP contribution < -0.4 is 10.2 Å². The zero-order valence-corrected chi connectivity index (χ0v) is 19.5. The number of carboxylic acid groups (broad SMARTS) is 1. The van der Waals surface area contributed by atoms with E-state index in [9.17, 15) is 23.9 Å². The summed E-state index contributed by atoms with van der Waals surface area (Å²) in [6.45, 7) is 0. The van der Waals surface area contributed by atoms with Crippen LogP contribution in [-0.4, -0.2) is 22.8 Å². The number of nitrogens with zero attached hydrogens (tertiary/aromatic N) is 1. The van der Waals surface area contributed by atoms with Gasteiger partial charge in [0.2, 0.25) is 5.91 Å². The van der Waals surface area contributed by atoms with Crippen molar-refractivity contribution in [1.29, 1.82) is 0 Å². The number of para-hydroxylation sites is 2. The van der Waals surface area contributed by atoms with E-state index in [1.807, 2.05) is 42.5 Å². The number of hydrogen-bond donors (Lipinski definition) is 2. The van der Waals surface area contributed by atoms with E-state index in [2.05, 4.69) is 5.32 Å². The molecule has 0 aromatic heterocycles. The third kappa shape index (κ3) is 4.52. The van der Waals surface area contributed by atoms with Gasteiger partial charge in [-0.1, -0.05) is 54.6 Å². The van der Waals surface area contributed by atoms with Gasteiger partial charge in [-0.25, -0.2) is 4.39 Å². The topological polar surface area (TPSA) is 86.7 Å². The summed E-state index contributed by atoms with van der Waals surface area (Å²) in [6.07, 6.45) is 0.196. The molecule has 1 amide bonds. The molecule has 182 valence electrons. The second-order valence-corrected chi connectivity index (χ2v) is 9.09. The monoisotopic (exact) mass is 484 g/mol. The van der Waals surface area contributed by atoms with Crippen molar-refractivity contribution in [2.75, 3.05) is 10.2 Å². The minimum Gasteiger partial charge on any atom is -0.481 e. The van der Waals surface area contributed by atoms with E-state index < -0.39 is 23.7 Å². The number of rotatable bonds is 5. The zero-order valence-electron chi connectivity index (χ0n) is 19.5. The molecule has 2 atom stereocenters. The van der Waals surface area contributed by atoms with Gasteiger partial charge < -0.3 is 10.4 Å². The Morgan fingerprint density at radius 2 is 1.64 bits per heavy atom. The molecule has 1 aliphatic carbocycles. The van der Waals surface area contributed by atoms with Crippen LogP contribution >= 0.6 is 0 Å². The molecule has 3 aromatic rings. The lowest BCUT2D eigenvalue weighted by Gasteiger charge is -2.35. The van der Waals surface area contributed by atoms with Crippen LogP contribution in [0.1, 0.15) is 48.8 Å². The number of aliphatic carboxylic acids is 1. The van der Waals surface area contributed by atoms with Crippen molar-refractivity contribution in [3.8, 4) is 0 Å². The van der Waals surface area contributed by atoms with E-state index in [1.54, 1.807) is 24.3 Å². The highest BCUT2D eigenvalue weighted by atomic mass is 19.1. The predicted molar refractivity (Wildman–Crippen MR) is 134 cm³/mol. The molecule has 5 rings (SSSR count). The van der Waals surface area contributed by atoms with Crippen molar-refractivity contribution in [3.05, 3.63) is 107 Å². The van der Waals surface area contributed by atoms with E-state index in [0.29, 0.717) is 34.6 Å². The number of carboxylic acids is 1. The number of carbonyl (C=O) groups is 3. The SMILES string of the molecule is O=C(O)CCC(=O)N1c2ccccc2NC2=C(C(=O)C[C@H](c3ccccc3)C2)[C@@H]1c1cccc(F)c1. The standard InChI is InChI=1S/C29H25FN2O4/c30-21-10-6-9-19(15-21)29-28-23(16-20(17-25(28)33)18-7-2-1-3-8-18)31-22-11-4-5-12-24(22)32(29)26(34)13-14-27(35)36/h1-12,15,20,29,31H,13-14,16-17H2,(H,35,36)/t20-,29+/m1/s1. The van der Waals surface area contributed by atoms with Gasteiger partial charge in [-0.05, 0) is 47.7 Å². The first kappa shape index (κ1) is 23.5. The lowest BCUT2D eigenvalue weighted by molar-refractivity contribution is -0.138. The highest BCUT2D eigenvalue weighted by molar-refractivity contribution is 6.06. The predicted octanol–water partition coefficient (Wildman–Crippen LogP) is 5.59. The summed E-state index contributed by atoms with van der Waals surface area (Å²) in [7, 11) is 0. The normalized spacial score (nSPS) is 19.1. The molecule has 0 unspecified atom stereocenters. The van der Waals surface area contributed by atoms with Gasteiger partial charge in [0.25, 0.3) is 0 Å². The second-order valence-electron chi connectivity index (χ2n) is 9.09. The smallest absolute Gasteiger partial charge is 0.303 e. The summed E-state index contributed by atoms with van der Waals surface area (Å²) < 4.78 is 14.4. The fraction of sp³-hybridized carbons (Fsp3) is 0.207. The van der Waals surface area contributed by atoms with Gasteiger partial charge >= 0.3 is 5.97 Å². The Kier molecular flexibility index (Phi) is 6.38. The Morgan fingerprint density at radius 3 is 2.39 bits per heavy atom. The molecule has 6 nitrogen and oxygen atoms in total. The third-order valence-electron chi connectivity index (χ3n) is 6.75. The number of fused-ring (bicyclic) bond motifs is 1. The maximum atomic E-state index is 14.4. The minimum absolute atomic E-state index is 0.0421. The molecule has 2 aliphatic rings. The number of amides is 1. The largest absolute Gasteiger partial charge is 0.481 e. The van der Waals surface area contributed by atoms with Crippen molar-refractivity contribution >= 4 is 29.0 Å². The summed E-state index contributed by atoms with van der Waals surface area (Å²) in [5.74, 6) is -2.20. The van der Waals surface area contributed by atoms with Gasteiger partial charge in [-0.2, -0.15) is 0 Å². The van der Waals surface area contributed by atoms with Gasteiger partial charge in [0.1, 0.15) is 5.82 Å². The van der Waals surface area contributed by atoms with Crippen molar-refractivity contribution in [3.63, 3.8) is 0 Å². The molecule has 0 spiro atoms. The molecule has 7 heteroatoms. The van der Waals surface area contributed by atoms with Crippen molar-refractivity contribution in [2.24, 2.45) is 0 Å². The Bertz CT molecular complexity index is 1370. The molecular formula is C29H25FN2O4. The zero-order chi connectivity index (χ0) is 25.2. The minimum atomic E-state index is -1.09. The highest BCUT2D eigenvalue weighted by Crippen LogP contribution is 2.47. The highest BCUT2D eigenvalue weighted by Gasteiger charge is 2.41. The van der Waals surface area contributed by atoms with Crippen LogP contribution in [0.3, 0.4) is 0 Å². The van der Waals surface area contributed by atoms with Crippen LogP contribution in [0.2, 0.25) is 0 Å². The first-order valence-electron chi connectivity index (χ1n) is 11.9. The summed E-state index contributed by atoms with van der Waals surface area (Å²) in [6, 6.07) is 22.0. The number of hydrogen-bond acceptors (Lipinski definition) is 4. The third-order valence-corrected chi connectivity index (χ3v) is 6.75. The molecule has 1 heterocycles. The molecule has 0 saturated heterocycles. The second kappa shape index (κ2) is 9.77. The Hall–Kier alpha value is -4.26. The number of nitrogens with one attached hydrogen (secondary N) is 1. The number of halogens is 1. The van der Waals surface area contributed by atoms with Crippen LogP contribution in [0.15, 0.2) is 90.1 Å². The average Bonchev–Trinajstić information content (AvgIpc) is 3.02. The number of ketones is 1. The van der Waals surface area contributed by atoms with Crippen LogP contribution in [-0.2, 0) is 14.4 Å². The molecule has 0 saturated carbocycles. The van der Waals surface area contributed by atoms with Crippen molar-refractivity contribution in [2.45, 2.75) is 37.6 Å². The first-order valence-corrected chi connectivity index (χ1v) is 11.9. The van der Waals surface area contributed by atoms with Gasteiger partial charge in [-0.15, -0.1) is 0 Å². The lowest BCUT2D eigenvalue weighted by Crippen LogP contribution is -2.38. The van der Waals surface area contributed by atoms with Crippen LogP contribution in [0.5, 0.6) is 0 Å². The number of allylic oxidation sites excluding steroid dienone is 1. The van der Waals surface area contributed by atoms with Crippen LogP contribution in [0.25, 0.3) is 0 Å². The van der Waals surface area contributed by atoms with Crippen molar-refractivity contribution < 1.29 is 23.9 Å². The van der Waals surface area contributed by atoms with Gasteiger partial charge in [-0.3, -0.25) is 19.3 Å². The number of carbonyl (C=O) groups excluding carboxylic acids is 2. The maximum absolute atomic E-state index is 14.4. The number of Topliss-reactive ketones (excluding diaryl/α,β-unsaturated/α-hetero) is 1. The molecule has 36 heavy (non-hydrogen) atoms. The van der Waals surface area contributed by atoms with E-state index in [4.69, 9.17) is 0 Å². The number of anilines is 2. The van der Waals surface area contributed by atoms with E-state index in [-0.39, 0.29) is 31.0 Å². The maximum Gasteiger partial charge on any atom is 0.303 e. The van der Waals surface area contributed by atoms with Gasteiger partial charge in [0, 0.05) is 24.1 Å². The van der Waals surface area contributed by atoms with Crippen LogP contribution in [0, 0.1) is 5.82 Å². The quantitative estimate of drug-likeness (QED) is 0.493. The molecule has 0 radical (unpaired) electrons. The summed E-state index contributed by atoms with van der Waals surface area (Å²) in [5, 5.41) is 12.6. The summed E-state index contributed by atoms with van der Waals surface area (Å²) in [4.78, 5) is 40.1. The van der Waals surface area contributed by atoms with E-state index in [1.165, 1.54) is 17.0 Å². The molecule has 0 bridgehead atoms. The molecule has 1 aliphatic heterocycles. The fourth-order valence-electron chi connectivity index (χ4n) is 5.15. The molecule has 0 fully saturated rings.